The number of hydrogen-bond donors (Lipinski definition) is 0. The molecule has 3 aliphatic rings. The van der Waals surface area contributed by atoms with Gasteiger partial charge in [-0.05, 0) is 44.9 Å². The molecule has 1 fully saturated rings. The Bertz CT molecular complexity index is 279. The second-order valence-electron chi connectivity index (χ2n) is 4.25. The van der Waals surface area contributed by atoms with E-state index >= 15 is 0 Å². The molecule has 18 heavy (non-hydrogen) atoms. The Morgan fingerprint density at radius 1 is 0.611 bits per heavy atom. The fraction of sp³-hybridized carbons (Fsp3) is 0.235. The summed E-state index contributed by atoms with van der Waals surface area (Å²) in [7, 11) is 0. The van der Waals surface area contributed by atoms with E-state index in [4.69, 9.17) is 0 Å². The van der Waals surface area contributed by atoms with E-state index in [9.17, 15) is 0 Å². The average molecular weight is 416 g/mol. The van der Waals surface area contributed by atoms with E-state index < -0.39 is 0 Å². The maximum Gasteiger partial charge on any atom is 0.0124 e. The zero-order chi connectivity index (χ0) is 11.8. The number of rotatable bonds is 0. The largest absolute Gasteiger partial charge is 0.0882 e. The SMILES string of the molecule is C1=CCCC=CCC1.[CH]1[CH][C]2C=CC=C[C]2[CH]1.[Ir]. The van der Waals surface area contributed by atoms with Crippen LogP contribution in [0.4, 0.5) is 0 Å². The van der Waals surface area contributed by atoms with Crippen LogP contribution in [-0.4, -0.2) is 0 Å². The van der Waals surface area contributed by atoms with E-state index in [2.05, 4.69) is 67.9 Å². The third-order valence-corrected chi connectivity index (χ3v) is 2.88. The monoisotopic (exact) mass is 416 g/mol. The summed E-state index contributed by atoms with van der Waals surface area (Å²) in [5, 5.41) is 0. The van der Waals surface area contributed by atoms with E-state index in [1.54, 1.807) is 0 Å². The predicted octanol–water partition coefficient (Wildman–Crippen LogP) is 4.56. The first kappa shape index (κ1) is 15.7. The molecule has 0 spiro atoms. The van der Waals surface area contributed by atoms with Gasteiger partial charge in [0.1, 0.15) is 0 Å². The minimum absolute atomic E-state index is 0. The summed E-state index contributed by atoms with van der Waals surface area (Å²) in [6.07, 6.45) is 28.7. The number of allylic oxidation sites excluding steroid dienone is 8. The zero-order valence-corrected chi connectivity index (χ0v) is 12.9. The van der Waals surface area contributed by atoms with Gasteiger partial charge in [-0.2, -0.15) is 0 Å². The van der Waals surface area contributed by atoms with Crippen LogP contribution in [0.25, 0.3) is 0 Å². The number of fused-ring (bicyclic) bond motifs is 1. The van der Waals surface area contributed by atoms with Crippen molar-refractivity contribution in [3.63, 3.8) is 0 Å². The number of hydrogen-bond acceptors (Lipinski definition) is 0. The normalized spacial score (nSPS) is 22.4. The molecule has 0 aromatic rings. The van der Waals surface area contributed by atoms with E-state index in [1.165, 1.54) is 37.5 Å². The summed E-state index contributed by atoms with van der Waals surface area (Å²) >= 11 is 0. The van der Waals surface area contributed by atoms with Gasteiger partial charge in [0.05, 0.1) is 0 Å². The van der Waals surface area contributed by atoms with Gasteiger partial charge in [-0.25, -0.2) is 0 Å². The van der Waals surface area contributed by atoms with Crippen LogP contribution in [0.5, 0.6) is 0 Å². The summed E-state index contributed by atoms with van der Waals surface area (Å²) < 4.78 is 0. The average Bonchev–Trinajstić information content (AvgIpc) is 2.76. The molecule has 0 aromatic carbocycles. The van der Waals surface area contributed by atoms with Gasteiger partial charge >= 0.3 is 0 Å². The van der Waals surface area contributed by atoms with Crippen LogP contribution in [0.1, 0.15) is 25.7 Å². The molecule has 0 amide bonds. The Balaban J connectivity index is 0.000000172. The van der Waals surface area contributed by atoms with Gasteiger partial charge in [-0.3, -0.25) is 0 Å². The minimum Gasteiger partial charge on any atom is -0.0882 e. The molecule has 0 N–H and O–H groups in total. The first-order valence-corrected chi connectivity index (χ1v) is 6.37. The van der Waals surface area contributed by atoms with Crippen LogP contribution < -0.4 is 0 Å². The topological polar surface area (TPSA) is 0 Å². The summed E-state index contributed by atoms with van der Waals surface area (Å²) in [5.74, 6) is 2.66. The first-order valence-electron chi connectivity index (χ1n) is 6.37. The Morgan fingerprint density at radius 3 is 1.39 bits per heavy atom. The van der Waals surface area contributed by atoms with E-state index in [-0.39, 0.29) is 20.1 Å². The molecule has 3 aliphatic carbocycles. The molecule has 6 radical (unpaired) electrons. The molecule has 96 valence electrons. The van der Waals surface area contributed by atoms with E-state index in [1.807, 2.05) is 0 Å². The van der Waals surface area contributed by atoms with Crippen LogP contribution in [0.2, 0.25) is 0 Å². The molecule has 0 heterocycles. The van der Waals surface area contributed by atoms with Crippen molar-refractivity contribution >= 4 is 0 Å². The fourth-order valence-corrected chi connectivity index (χ4v) is 1.93. The van der Waals surface area contributed by atoms with Crippen LogP contribution in [-0.2, 0) is 20.1 Å². The van der Waals surface area contributed by atoms with Crippen molar-refractivity contribution in [1.29, 1.82) is 0 Å². The van der Waals surface area contributed by atoms with E-state index in [0.717, 1.165) is 0 Å². The van der Waals surface area contributed by atoms with Crippen LogP contribution >= 0.6 is 0 Å². The molecule has 0 bridgehead atoms. The van der Waals surface area contributed by atoms with Crippen molar-refractivity contribution in [3.05, 3.63) is 79.7 Å². The van der Waals surface area contributed by atoms with Crippen molar-refractivity contribution in [2.45, 2.75) is 25.7 Å². The smallest absolute Gasteiger partial charge is 0.0124 e. The summed E-state index contributed by atoms with van der Waals surface area (Å²) in [6.45, 7) is 0. The van der Waals surface area contributed by atoms with Gasteiger partial charge in [-0.15, -0.1) is 0 Å². The molecular weight excluding hydrogens is 396 g/mol. The van der Waals surface area contributed by atoms with Gasteiger partial charge in [-0.1, -0.05) is 48.6 Å². The summed E-state index contributed by atoms with van der Waals surface area (Å²) in [4.78, 5) is 0. The molecule has 0 aromatic heterocycles. The van der Waals surface area contributed by atoms with Crippen molar-refractivity contribution < 1.29 is 20.1 Å². The first-order chi connectivity index (χ1) is 8.47. The predicted molar refractivity (Wildman–Crippen MR) is 74.4 cm³/mol. The molecule has 0 atom stereocenters. The molecule has 0 nitrogen and oxygen atoms in total. The molecular formula is C17H19Ir. The Hall–Kier alpha value is -0.391. The standard InChI is InChI=1S/C9H7.C8H12.Ir/c1-2-5-9-7-3-6-8(9)4-1;1-2-4-6-8-7-5-3-1;/h1-7H;1-2,7-8H,3-6H2;. The molecule has 0 saturated heterocycles. The Kier molecular flexibility index (Phi) is 8.29. The maximum absolute atomic E-state index is 2.27. The minimum atomic E-state index is 0. The van der Waals surface area contributed by atoms with Crippen LogP contribution in [0.15, 0.2) is 48.6 Å². The van der Waals surface area contributed by atoms with Crippen LogP contribution in [0, 0.1) is 31.1 Å². The van der Waals surface area contributed by atoms with E-state index in [0.29, 0.717) is 0 Å². The maximum atomic E-state index is 2.27. The fourth-order valence-electron chi connectivity index (χ4n) is 1.93. The van der Waals surface area contributed by atoms with Crippen molar-refractivity contribution in [2.24, 2.45) is 0 Å². The van der Waals surface area contributed by atoms with Gasteiger partial charge in [0, 0.05) is 31.9 Å². The third-order valence-electron chi connectivity index (χ3n) is 2.88. The molecule has 1 saturated carbocycles. The van der Waals surface area contributed by atoms with Crippen molar-refractivity contribution in [3.8, 4) is 0 Å². The molecule has 1 heteroatoms. The molecule has 0 aliphatic heterocycles. The van der Waals surface area contributed by atoms with Gasteiger partial charge in [0.2, 0.25) is 0 Å². The summed E-state index contributed by atoms with van der Waals surface area (Å²) in [5.41, 5.74) is 0. The summed E-state index contributed by atoms with van der Waals surface area (Å²) in [6, 6.07) is 0. The quantitative estimate of drug-likeness (QED) is 0.509. The van der Waals surface area contributed by atoms with Crippen LogP contribution in [0.3, 0.4) is 0 Å². The van der Waals surface area contributed by atoms with Gasteiger partial charge in [0.25, 0.3) is 0 Å². The second kappa shape index (κ2) is 9.53. The Morgan fingerprint density at radius 2 is 1.00 bits per heavy atom. The van der Waals surface area contributed by atoms with Crippen molar-refractivity contribution in [1.82, 2.24) is 0 Å². The molecule has 3 rings (SSSR count). The van der Waals surface area contributed by atoms with Gasteiger partial charge < -0.3 is 0 Å². The molecule has 0 unspecified atom stereocenters. The van der Waals surface area contributed by atoms with Crippen molar-refractivity contribution in [2.75, 3.05) is 0 Å². The van der Waals surface area contributed by atoms with Gasteiger partial charge in [0.15, 0.2) is 0 Å². The Labute approximate surface area is 125 Å². The third kappa shape index (κ3) is 5.50. The second-order valence-corrected chi connectivity index (χ2v) is 4.25. The zero-order valence-electron chi connectivity index (χ0n) is 10.5.